The van der Waals surface area contributed by atoms with Crippen LogP contribution in [-0.4, -0.2) is 7.11 Å². The summed E-state index contributed by atoms with van der Waals surface area (Å²) in [4.78, 5) is 4.41. The van der Waals surface area contributed by atoms with Crippen molar-refractivity contribution in [1.29, 1.82) is 0 Å². The average Bonchev–Trinajstić information content (AvgIpc) is 2.08. The predicted octanol–water partition coefficient (Wildman–Crippen LogP) is 1.22. The summed E-state index contributed by atoms with van der Waals surface area (Å²) in [6.45, 7) is 0.212. The largest absolute Gasteiger partial charge is 0.496 e. The zero-order valence-corrected chi connectivity index (χ0v) is 6.71. The highest BCUT2D eigenvalue weighted by Crippen LogP contribution is 2.19. The molecule has 0 heterocycles. The lowest BCUT2D eigenvalue weighted by Gasteiger charge is -2.06. The molecule has 0 saturated heterocycles. The van der Waals surface area contributed by atoms with E-state index in [9.17, 15) is 4.39 Å². The van der Waals surface area contributed by atoms with Crippen LogP contribution in [0, 0.1) is 5.82 Å². The lowest BCUT2D eigenvalue weighted by Crippen LogP contribution is -2.01. The third kappa shape index (κ3) is 1.93. The fraction of sp³-hybridized carbons (Fsp3) is 0.250. The number of ether oxygens (including phenoxy) is 1. The van der Waals surface area contributed by atoms with Crippen molar-refractivity contribution in [3.8, 4) is 5.75 Å². The van der Waals surface area contributed by atoms with Crippen LogP contribution < -0.4 is 10.6 Å². The first-order valence-electron chi connectivity index (χ1n) is 3.42. The van der Waals surface area contributed by atoms with Crippen LogP contribution in [0.3, 0.4) is 0 Å². The van der Waals surface area contributed by atoms with Crippen molar-refractivity contribution >= 4 is 0 Å². The maximum atomic E-state index is 12.6. The molecule has 1 aromatic carbocycles. The highest BCUT2D eigenvalue weighted by molar-refractivity contribution is 5.33. The lowest BCUT2D eigenvalue weighted by molar-refractivity contribution is 0.122. The minimum atomic E-state index is -0.340. The van der Waals surface area contributed by atoms with E-state index in [1.807, 2.05) is 0 Å². The van der Waals surface area contributed by atoms with Crippen molar-refractivity contribution < 1.29 is 14.0 Å². The van der Waals surface area contributed by atoms with Gasteiger partial charge in [-0.1, -0.05) is 6.07 Å². The monoisotopic (exact) mass is 171 g/mol. The Balaban J connectivity index is 2.94. The predicted molar refractivity (Wildman–Crippen MR) is 41.9 cm³/mol. The van der Waals surface area contributed by atoms with Gasteiger partial charge in [-0.25, -0.2) is 10.3 Å². The second-order valence-electron chi connectivity index (χ2n) is 2.27. The fourth-order valence-electron chi connectivity index (χ4n) is 0.927. The molecule has 2 N–H and O–H groups in total. The zero-order chi connectivity index (χ0) is 8.97. The molecule has 3 nitrogen and oxygen atoms in total. The third-order valence-corrected chi connectivity index (χ3v) is 1.49. The number of hydrogen-bond donors (Lipinski definition) is 1. The van der Waals surface area contributed by atoms with Gasteiger partial charge in [-0.05, 0) is 6.07 Å². The van der Waals surface area contributed by atoms with E-state index in [4.69, 9.17) is 10.6 Å². The summed E-state index contributed by atoms with van der Waals surface area (Å²) in [6, 6.07) is 4.19. The molecule has 0 amide bonds. The normalized spacial score (nSPS) is 9.92. The Kier molecular flexibility index (Phi) is 3.01. The van der Waals surface area contributed by atoms with Gasteiger partial charge in [0.1, 0.15) is 11.6 Å². The maximum Gasteiger partial charge on any atom is 0.127 e. The van der Waals surface area contributed by atoms with E-state index in [0.717, 1.165) is 5.56 Å². The second-order valence-corrected chi connectivity index (χ2v) is 2.27. The first-order chi connectivity index (χ1) is 5.77. The van der Waals surface area contributed by atoms with Crippen LogP contribution in [0.1, 0.15) is 5.56 Å². The van der Waals surface area contributed by atoms with Gasteiger partial charge >= 0.3 is 0 Å². The van der Waals surface area contributed by atoms with E-state index in [1.165, 1.54) is 19.2 Å². The minimum absolute atomic E-state index is 0.212. The van der Waals surface area contributed by atoms with Crippen LogP contribution in [0.2, 0.25) is 0 Å². The van der Waals surface area contributed by atoms with Crippen molar-refractivity contribution in [2.45, 2.75) is 6.61 Å². The summed E-state index contributed by atoms with van der Waals surface area (Å²) in [5.41, 5.74) is 0.724. The first-order valence-corrected chi connectivity index (χ1v) is 3.42. The van der Waals surface area contributed by atoms with Crippen LogP contribution in [0.25, 0.3) is 0 Å². The van der Waals surface area contributed by atoms with Crippen LogP contribution in [-0.2, 0) is 11.4 Å². The van der Waals surface area contributed by atoms with Crippen molar-refractivity contribution in [3.63, 3.8) is 0 Å². The SMILES string of the molecule is COc1cc(F)ccc1CON. The van der Waals surface area contributed by atoms with Gasteiger partial charge in [0.25, 0.3) is 0 Å². The molecular formula is C8H10FNO2. The number of hydrogen-bond acceptors (Lipinski definition) is 3. The van der Waals surface area contributed by atoms with Crippen LogP contribution in [0.5, 0.6) is 5.75 Å². The Labute approximate surface area is 69.8 Å². The molecule has 66 valence electrons. The molecular weight excluding hydrogens is 161 g/mol. The van der Waals surface area contributed by atoms with E-state index >= 15 is 0 Å². The molecule has 0 aliphatic carbocycles. The molecule has 0 bridgehead atoms. The first kappa shape index (κ1) is 8.96. The van der Waals surface area contributed by atoms with Gasteiger partial charge in [-0.15, -0.1) is 0 Å². The molecule has 0 aromatic heterocycles. The Bertz CT molecular complexity index is 265. The second kappa shape index (κ2) is 4.04. The standard InChI is InChI=1S/C8H10FNO2/c1-11-8-4-7(9)3-2-6(8)5-12-10/h2-4H,5,10H2,1H3. The number of nitrogens with two attached hydrogens (primary N) is 1. The lowest BCUT2D eigenvalue weighted by atomic mass is 10.2. The maximum absolute atomic E-state index is 12.6. The summed E-state index contributed by atoms with van der Waals surface area (Å²) in [5, 5.41) is 0. The highest BCUT2D eigenvalue weighted by atomic mass is 19.1. The Morgan fingerprint density at radius 3 is 2.83 bits per heavy atom. The molecule has 0 fully saturated rings. The topological polar surface area (TPSA) is 44.5 Å². The third-order valence-electron chi connectivity index (χ3n) is 1.49. The molecule has 0 atom stereocenters. The summed E-state index contributed by atoms with van der Waals surface area (Å²) >= 11 is 0. The minimum Gasteiger partial charge on any atom is -0.496 e. The van der Waals surface area contributed by atoms with E-state index in [1.54, 1.807) is 6.07 Å². The fourth-order valence-corrected chi connectivity index (χ4v) is 0.927. The van der Waals surface area contributed by atoms with Crippen molar-refractivity contribution in [1.82, 2.24) is 0 Å². The van der Waals surface area contributed by atoms with Crippen LogP contribution in [0.4, 0.5) is 4.39 Å². The summed E-state index contributed by atoms with van der Waals surface area (Å²) in [7, 11) is 1.47. The number of rotatable bonds is 3. The summed E-state index contributed by atoms with van der Waals surface area (Å²) in [6.07, 6.45) is 0. The van der Waals surface area contributed by atoms with Crippen molar-refractivity contribution in [3.05, 3.63) is 29.6 Å². The van der Waals surface area contributed by atoms with Crippen molar-refractivity contribution in [2.24, 2.45) is 5.90 Å². The molecule has 0 saturated carbocycles. The average molecular weight is 171 g/mol. The molecule has 12 heavy (non-hydrogen) atoms. The number of methoxy groups -OCH3 is 1. The van der Waals surface area contributed by atoms with Crippen molar-refractivity contribution in [2.75, 3.05) is 7.11 Å². The van der Waals surface area contributed by atoms with Gasteiger partial charge in [-0.3, -0.25) is 4.84 Å². The Hall–Kier alpha value is -1.13. The zero-order valence-electron chi connectivity index (χ0n) is 6.71. The molecule has 0 unspecified atom stereocenters. The van der Waals surface area contributed by atoms with Gasteiger partial charge in [-0.2, -0.15) is 0 Å². The van der Waals surface area contributed by atoms with E-state index in [0.29, 0.717) is 5.75 Å². The quantitative estimate of drug-likeness (QED) is 0.695. The van der Waals surface area contributed by atoms with Crippen LogP contribution >= 0.6 is 0 Å². The Morgan fingerprint density at radius 2 is 2.25 bits per heavy atom. The molecule has 0 spiro atoms. The van der Waals surface area contributed by atoms with Crippen LogP contribution in [0.15, 0.2) is 18.2 Å². The highest BCUT2D eigenvalue weighted by Gasteiger charge is 2.03. The van der Waals surface area contributed by atoms with E-state index < -0.39 is 0 Å². The van der Waals surface area contributed by atoms with E-state index in [2.05, 4.69) is 4.84 Å². The molecule has 1 rings (SSSR count). The van der Waals surface area contributed by atoms with Gasteiger partial charge < -0.3 is 4.74 Å². The van der Waals surface area contributed by atoms with Gasteiger partial charge in [0.2, 0.25) is 0 Å². The van der Waals surface area contributed by atoms with E-state index in [-0.39, 0.29) is 12.4 Å². The Morgan fingerprint density at radius 1 is 1.50 bits per heavy atom. The molecule has 0 radical (unpaired) electrons. The molecule has 0 aliphatic heterocycles. The number of benzene rings is 1. The van der Waals surface area contributed by atoms with Gasteiger partial charge in [0.15, 0.2) is 0 Å². The van der Waals surface area contributed by atoms with Gasteiger partial charge in [0.05, 0.1) is 13.7 Å². The summed E-state index contributed by atoms with van der Waals surface area (Å²) < 4.78 is 17.5. The number of halogens is 1. The smallest absolute Gasteiger partial charge is 0.127 e. The van der Waals surface area contributed by atoms with Gasteiger partial charge in [0, 0.05) is 11.6 Å². The molecule has 1 aromatic rings. The summed E-state index contributed by atoms with van der Waals surface area (Å²) in [5.74, 6) is 4.98. The molecule has 0 aliphatic rings. The molecule has 4 heteroatoms.